The van der Waals surface area contributed by atoms with Crippen LogP contribution in [0.3, 0.4) is 0 Å². The van der Waals surface area contributed by atoms with E-state index < -0.39 is 0 Å². The third kappa shape index (κ3) is 3.62. The van der Waals surface area contributed by atoms with Gasteiger partial charge in [-0.3, -0.25) is 4.79 Å². The molecule has 0 radical (unpaired) electrons. The molecule has 0 unspecified atom stereocenters. The molecule has 0 aromatic heterocycles. The normalized spacial score (nSPS) is 14.6. The summed E-state index contributed by atoms with van der Waals surface area (Å²) in [6.45, 7) is 4.92. The number of carbonyl (C=O) groups is 1. The Morgan fingerprint density at radius 1 is 0.963 bits per heavy atom. The van der Waals surface area contributed by atoms with Crippen LogP contribution in [0.1, 0.15) is 22.8 Å². The number of benzene rings is 2. The number of halogens is 1. The highest BCUT2D eigenvalue weighted by Gasteiger charge is 2.22. The van der Waals surface area contributed by atoms with Crippen LogP contribution in [0.2, 0.25) is 5.02 Å². The van der Waals surface area contributed by atoms with E-state index in [0.29, 0.717) is 67.4 Å². The van der Waals surface area contributed by atoms with Crippen LogP contribution in [-0.4, -0.2) is 43.8 Å². The minimum atomic E-state index is -0.119. The van der Waals surface area contributed by atoms with E-state index >= 15 is 0 Å². The van der Waals surface area contributed by atoms with Gasteiger partial charge in [-0.15, -0.1) is 0 Å². The summed E-state index contributed by atoms with van der Waals surface area (Å²) < 4.78 is 22.3. The maximum atomic E-state index is 13.0. The van der Waals surface area contributed by atoms with E-state index in [1.807, 2.05) is 25.1 Å². The van der Waals surface area contributed by atoms with Gasteiger partial charge in [0.1, 0.15) is 26.4 Å². The second-order valence-electron chi connectivity index (χ2n) is 6.28. The summed E-state index contributed by atoms with van der Waals surface area (Å²) in [6.07, 6.45) is 0. The maximum Gasteiger partial charge on any atom is 0.254 e. The van der Waals surface area contributed by atoms with Crippen LogP contribution in [0.4, 0.5) is 0 Å². The van der Waals surface area contributed by atoms with Crippen molar-refractivity contribution >= 4 is 17.5 Å². The zero-order valence-corrected chi connectivity index (χ0v) is 15.8. The molecule has 2 aromatic rings. The molecule has 0 spiro atoms. The topological polar surface area (TPSA) is 57.2 Å². The number of rotatable bonds is 4. The third-order valence-electron chi connectivity index (χ3n) is 4.49. The lowest BCUT2D eigenvalue weighted by molar-refractivity contribution is 0.0751. The van der Waals surface area contributed by atoms with Gasteiger partial charge in [-0.05, 0) is 36.8 Å². The maximum absolute atomic E-state index is 13.0. The van der Waals surface area contributed by atoms with E-state index in [9.17, 15) is 4.79 Å². The number of hydrogen-bond acceptors (Lipinski definition) is 5. The Morgan fingerprint density at radius 3 is 2.44 bits per heavy atom. The van der Waals surface area contributed by atoms with Crippen LogP contribution in [0.25, 0.3) is 0 Å². The summed E-state index contributed by atoms with van der Waals surface area (Å²) in [4.78, 5) is 14.8. The van der Waals surface area contributed by atoms with E-state index in [4.69, 9.17) is 30.5 Å². The number of amides is 1. The quantitative estimate of drug-likeness (QED) is 0.800. The van der Waals surface area contributed by atoms with Crippen molar-refractivity contribution in [2.24, 2.45) is 0 Å². The summed E-state index contributed by atoms with van der Waals surface area (Å²) in [5, 5.41) is 0.380. The molecule has 6 nitrogen and oxygen atoms in total. The highest BCUT2D eigenvalue weighted by Crippen LogP contribution is 2.38. The smallest absolute Gasteiger partial charge is 0.254 e. The lowest BCUT2D eigenvalue weighted by Crippen LogP contribution is -2.30. The van der Waals surface area contributed by atoms with Crippen LogP contribution >= 0.6 is 11.6 Å². The number of carbonyl (C=O) groups excluding carboxylic acids is 1. The fraction of sp³-hybridized carbons (Fsp3) is 0.350. The van der Waals surface area contributed by atoms with Crippen molar-refractivity contribution in [2.75, 3.05) is 33.0 Å². The van der Waals surface area contributed by atoms with Crippen LogP contribution in [0, 0.1) is 0 Å². The lowest BCUT2D eigenvalue weighted by atomic mass is 10.1. The molecular formula is C20H20ClNO5. The largest absolute Gasteiger partial charge is 0.486 e. The Hall–Kier alpha value is -2.60. The summed E-state index contributed by atoms with van der Waals surface area (Å²) in [7, 11) is 0. The molecule has 2 heterocycles. The van der Waals surface area contributed by atoms with Gasteiger partial charge in [0.05, 0.1) is 5.02 Å². The molecule has 7 heteroatoms. The Morgan fingerprint density at radius 2 is 1.67 bits per heavy atom. The van der Waals surface area contributed by atoms with E-state index in [-0.39, 0.29) is 5.91 Å². The van der Waals surface area contributed by atoms with Crippen LogP contribution in [0.5, 0.6) is 23.0 Å². The SMILES string of the molecule is CCN(Cc1ccc2c(c1)OCCO2)C(=O)c1cc(Cl)c2c(c1)OCCO2. The number of ether oxygens (including phenoxy) is 4. The van der Waals surface area contributed by atoms with Crippen molar-refractivity contribution in [2.45, 2.75) is 13.5 Å². The van der Waals surface area contributed by atoms with Crippen LogP contribution < -0.4 is 18.9 Å². The molecule has 2 aliphatic heterocycles. The van der Waals surface area contributed by atoms with E-state index in [2.05, 4.69) is 0 Å². The van der Waals surface area contributed by atoms with Gasteiger partial charge in [-0.2, -0.15) is 0 Å². The Bertz CT molecular complexity index is 870. The van der Waals surface area contributed by atoms with E-state index in [1.165, 1.54) is 0 Å². The molecule has 0 aliphatic carbocycles. The third-order valence-corrected chi connectivity index (χ3v) is 4.77. The first kappa shape index (κ1) is 17.8. The van der Waals surface area contributed by atoms with Gasteiger partial charge in [-0.1, -0.05) is 17.7 Å². The summed E-state index contributed by atoms with van der Waals surface area (Å²) in [6, 6.07) is 9.06. The lowest BCUT2D eigenvalue weighted by Gasteiger charge is -2.24. The average Bonchev–Trinajstić information content (AvgIpc) is 2.71. The Balaban J connectivity index is 1.56. The number of fused-ring (bicyclic) bond motifs is 2. The van der Waals surface area contributed by atoms with Crippen molar-refractivity contribution in [1.82, 2.24) is 4.90 Å². The molecule has 0 fully saturated rings. The van der Waals surface area contributed by atoms with Crippen LogP contribution in [-0.2, 0) is 6.54 Å². The highest BCUT2D eigenvalue weighted by atomic mass is 35.5. The molecule has 4 rings (SSSR count). The van der Waals surface area contributed by atoms with E-state index in [0.717, 1.165) is 11.3 Å². The van der Waals surface area contributed by atoms with Crippen LogP contribution in [0.15, 0.2) is 30.3 Å². The summed E-state index contributed by atoms with van der Waals surface area (Å²) >= 11 is 6.27. The van der Waals surface area contributed by atoms with Crippen molar-refractivity contribution < 1.29 is 23.7 Å². The number of hydrogen-bond donors (Lipinski definition) is 0. The molecule has 27 heavy (non-hydrogen) atoms. The molecule has 1 amide bonds. The van der Waals surface area contributed by atoms with E-state index in [1.54, 1.807) is 17.0 Å². The molecule has 2 aliphatic rings. The first-order valence-electron chi connectivity index (χ1n) is 8.92. The van der Waals surface area contributed by atoms with Gasteiger partial charge in [0, 0.05) is 18.7 Å². The molecule has 0 N–H and O–H groups in total. The first-order chi connectivity index (χ1) is 13.2. The van der Waals surface area contributed by atoms with Gasteiger partial charge in [0.2, 0.25) is 0 Å². The molecule has 0 saturated heterocycles. The number of nitrogens with zero attached hydrogens (tertiary/aromatic N) is 1. The molecule has 0 atom stereocenters. The molecule has 142 valence electrons. The van der Waals surface area contributed by atoms with Gasteiger partial charge in [-0.25, -0.2) is 0 Å². The van der Waals surface area contributed by atoms with Gasteiger partial charge < -0.3 is 23.8 Å². The Labute approximate surface area is 162 Å². The van der Waals surface area contributed by atoms with Gasteiger partial charge in [0.15, 0.2) is 23.0 Å². The highest BCUT2D eigenvalue weighted by molar-refractivity contribution is 6.32. The predicted molar refractivity (Wildman–Crippen MR) is 100 cm³/mol. The zero-order valence-electron chi connectivity index (χ0n) is 15.0. The first-order valence-corrected chi connectivity index (χ1v) is 9.30. The molecule has 0 saturated carbocycles. The van der Waals surface area contributed by atoms with Gasteiger partial charge in [0.25, 0.3) is 5.91 Å². The monoisotopic (exact) mass is 389 g/mol. The fourth-order valence-corrected chi connectivity index (χ4v) is 3.42. The second-order valence-corrected chi connectivity index (χ2v) is 6.69. The van der Waals surface area contributed by atoms with Gasteiger partial charge >= 0.3 is 0 Å². The minimum Gasteiger partial charge on any atom is -0.486 e. The summed E-state index contributed by atoms with van der Waals surface area (Å²) in [5.41, 5.74) is 1.45. The molecule has 2 aromatic carbocycles. The fourth-order valence-electron chi connectivity index (χ4n) is 3.15. The molecular weight excluding hydrogens is 370 g/mol. The Kier molecular flexibility index (Phi) is 4.99. The van der Waals surface area contributed by atoms with Crippen molar-refractivity contribution in [3.05, 3.63) is 46.5 Å². The summed E-state index contributed by atoms with van der Waals surface area (Å²) in [5.74, 6) is 2.33. The molecule has 0 bridgehead atoms. The zero-order chi connectivity index (χ0) is 18.8. The second kappa shape index (κ2) is 7.56. The average molecular weight is 390 g/mol. The predicted octanol–water partition coefficient (Wildman–Crippen LogP) is 3.54. The van der Waals surface area contributed by atoms with Crippen molar-refractivity contribution in [3.8, 4) is 23.0 Å². The minimum absolute atomic E-state index is 0.119. The van der Waals surface area contributed by atoms with Crippen molar-refractivity contribution in [1.29, 1.82) is 0 Å². The van der Waals surface area contributed by atoms with Crippen molar-refractivity contribution in [3.63, 3.8) is 0 Å². The standard InChI is InChI=1S/C20H20ClNO5/c1-2-22(12-13-3-4-16-17(9-13)25-6-5-24-16)20(23)14-10-15(21)19-18(11-14)26-7-8-27-19/h3-4,9-11H,2,5-8,12H2,1H3.